The number of carbonyl (C=O) groups is 1. The summed E-state index contributed by atoms with van der Waals surface area (Å²) in [6.07, 6.45) is -1.71. The van der Waals surface area contributed by atoms with Crippen molar-refractivity contribution in [2.24, 2.45) is 5.92 Å². The van der Waals surface area contributed by atoms with Crippen LogP contribution in [0.25, 0.3) is 0 Å². The number of aliphatic hydroxyl groups excluding tert-OH is 1. The minimum absolute atomic E-state index is 0.0781. The first-order chi connectivity index (χ1) is 10.9. The number of nitrogens with one attached hydrogen (secondary N) is 1. The first kappa shape index (κ1) is 17.5. The molecule has 0 bridgehead atoms. The van der Waals surface area contributed by atoms with Crippen LogP contribution < -0.4 is 10.1 Å². The standard InChI is InChI=1S/C16H22F2N2O3/c1-10-5-6-20(13(10)8-21)16(22)19-12-4-3-11(2)14(7-12)23-9-15(17)18/h3-4,7,10,13,15,21H,5-6,8-9H2,1-2H3,(H,19,22)/t10-,13-/m1/s1. The van der Waals surface area contributed by atoms with Gasteiger partial charge in [-0.15, -0.1) is 0 Å². The Kier molecular flexibility index (Phi) is 5.76. The highest BCUT2D eigenvalue weighted by Gasteiger charge is 2.33. The molecule has 5 nitrogen and oxygen atoms in total. The van der Waals surface area contributed by atoms with Gasteiger partial charge in [-0.1, -0.05) is 13.0 Å². The minimum atomic E-state index is -2.55. The molecule has 2 atom stereocenters. The number of hydrogen-bond acceptors (Lipinski definition) is 3. The number of rotatable bonds is 5. The van der Waals surface area contributed by atoms with Gasteiger partial charge in [-0.2, -0.15) is 0 Å². The summed E-state index contributed by atoms with van der Waals surface area (Å²) in [7, 11) is 0. The number of aliphatic hydroxyl groups is 1. The second-order valence-corrected chi connectivity index (χ2v) is 5.82. The van der Waals surface area contributed by atoms with E-state index < -0.39 is 13.0 Å². The fourth-order valence-electron chi connectivity index (χ4n) is 2.72. The topological polar surface area (TPSA) is 61.8 Å². The molecule has 0 spiro atoms. The predicted molar refractivity (Wildman–Crippen MR) is 83.1 cm³/mol. The van der Waals surface area contributed by atoms with Gasteiger partial charge < -0.3 is 20.1 Å². The summed E-state index contributed by atoms with van der Waals surface area (Å²) in [5.74, 6) is 0.560. The van der Waals surface area contributed by atoms with Crippen molar-refractivity contribution in [2.75, 3.05) is 25.1 Å². The van der Waals surface area contributed by atoms with Crippen molar-refractivity contribution in [3.05, 3.63) is 23.8 Å². The molecule has 1 fully saturated rings. The van der Waals surface area contributed by atoms with Gasteiger partial charge in [-0.25, -0.2) is 13.6 Å². The lowest BCUT2D eigenvalue weighted by atomic mass is 10.0. The number of halogens is 2. The second-order valence-electron chi connectivity index (χ2n) is 5.82. The predicted octanol–water partition coefficient (Wildman–Crippen LogP) is 2.87. The molecule has 0 aliphatic carbocycles. The van der Waals surface area contributed by atoms with Gasteiger partial charge in [0.15, 0.2) is 0 Å². The van der Waals surface area contributed by atoms with E-state index in [9.17, 15) is 18.7 Å². The van der Waals surface area contributed by atoms with E-state index in [0.717, 1.165) is 6.42 Å². The quantitative estimate of drug-likeness (QED) is 0.874. The summed E-state index contributed by atoms with van der Waals surface area (Å²) in [6.45, 7) is 3.56. The molecule has 23 heavy (non-hydrogen) atoms. The number of benzene rings is 1. The number of alkyl halides is 2. The van der Waals surface area contributed by atoms with Gasteiger partial charge in [-0.05, 0) is 30.9 Å². The molecule has 0 radical (unpaired) electrons. The van der Waals surface area contributed by atoms with Crippen molar-refractivity contribution in [1.29, 1.82) is 0 Å². The van der Waals surface area contributed by atoms with Crippen molar-refractivity contribution in [2.45, 2.75) is 32.7 Å². The molecule has 128 valence electrons. The number of aryl methyl sites for hydroxylation is 1. The zero-order valence-corrected chi connectivity index (χ0v) is 13.3. The summed E-state index contributed by atoms with van der Waals surface area (Å²) in [5, 5.41) is 12.1. The molecule has 1 aliphatic heterocycles. The SMILES string of the molecule is Cc1ccc(NC(=O)N2CC[C@@H](C)[C@H]2CO)cc1OCC(F)F. The molecule has 1 aliphatic rings. The highest BCUT2D eigenvalue weighted by molar-refractivity contribution is 5.90. The number of likely N-dealkylation sites (tertiary alicyclic amines) is 1. The maximum absolute atomic E-state index is 12.3. The third-order valence-corrected chi connectivity index (χ3v) is 4.13. The van der Waals surface area contributed by atoms with E-state index in [1.165, 1.54) is 6.07 Å². The van der Waals surface area contributed by atoms with Crippen molar-refractivity contribution in [3.63, 3.8) is 0 Å². The zero-order chi connectivity index (χ0) is 17.0. The highest BCUT2D eigenvalue weighted by Crippen LogP contribution is 2.26. The molecule has 0 unspecified atom stereocenters. The van der Waals surface area contributed by atoms with E-state index in [-0.39, 0.29) is 24.6 Å². The van der Waals surface area contributed by atoms with Crippen LogP contribution in [0.1, 0.15) is 18.9 Å². The number of hydrogen-bond donors (Lipinski definition) is 2. The van der Waals surface area contributed by atoms with Gasteiger partial charge in [0.2, 0.25) is 0 Å². The average Bonchev–Trinajstić information content (AvgIpc) is 2.88. The zero-order valence-electron chi connectivity index (χ0n) is 13.3. The van der Waals surface area contributed by atoms with Gasteiger partial charge >= 0.3 is 6.03 Å². The van der Waals surface area contributed by atoms with Gasteiger partial charge in [0, 0.05) is 18.3 Å². The first-order valence-corrected chi connectivity index (χ1v) is 7.62. The molecule has 1 saturated heterocycles. The smallest absolute Gasteiger partial charge is 0.322 e. The van der Waals surface area contributed by atoms with E-state index in [4.69, 9.17) is 4.74 Å². The Bertz CT molecular complexity index is 554. The van der Waals surface area contributed by atoms with Gasteiger partial charge in [0.1, 0.15) is 12.4 Å². The Labute approximate surface area is 134 Å². The number of urea groups is 1. The van der Waals surface area contributed by atoms with Crippen LogP contribution in [-0.2, 0) is 0 Å². The Morgan fingerprint density at radius 1 is 1.52 bits per heavy atom. The van der Waals surface area contributed by atoms with Crippen LogP contribution in [0.4, 0.5) is 19.3 Å². The minimum Gasteiger partial charge on any atom is -0.487 e. The van der Waals surface area contributed by atoms with Crippen molar-refractivity contribution in [3.8, 4) is 5.75 Å². The van der Waals surface area contributed by atoms with Crippen molar-refractivity contribution >= 4 is 11.7 Å². The van der Waals surface area contributed by atoms with Crippen LogP contribution in [0, 0.1) is 12.8 Å². The van der Waals surface area contributed by atoms with Crippen LogP contribution in [0.2, 0.25) is 0 Å². The first-order valence-electron chi connectivity index (χ1n) is 7.62. The van der Waals surface area contributed by atoms with Gasteiger partial charge in [0.05, 0.1) is 12.6 Å². The maximum atomic E-state index is 12.3. The number of ether oxygens (including phenoxy) is 1. The molecule has 1 heterocycles. The number of nitrogens with zero attached hydrogens (tertiary/aromatic N) is 1. The Morgan fingerprint density at radius 3 is 2.91 bits per heavy atom. The summed E-state index contributed by atoms with van der Waals surface area (Å²) in [6, 6.07) is 4.41. The van der Waals surface area contributed by atoms with Crippen LogP contribution in [0.5, 0.6) is 5.75 Å². The summed E-state index contributed by atoms with van der Waals surface area (Å²) < 4.78 is 29.6. The van der Waals surface area contributed by atoms with E-state index >= 15 is 0 Å². The van der Waals surface area contributed by atoms with E-state index in [1.807, 2.05) is 6.92 Å². The maximum Gasteiger partial charge on any atom is 0.322 e. The van der Waals surface area contributed by atoms with E-state index in [0.29, 0.717) is 23.5 Å². The van der Waals surface area contributed by atoms with Crippen molar-refractivity contribution < 1.29 is 23.4 Å². The molecule has 2 rings (SSSR count). The van der Waals surface area contributed by atoms with E-state index in [1.54, 1.807) is 24.0 Å². The largest absolute Gasteiger partial charge is 0.487 e. The molecule has 0 saturated carbocycles. The van der Waals surface area contributed by atoms with Crippen molar-refractivity contribution in [1.82, 2.24) is 4.90 Å². The molecular formula is C16H22F2N2O3. The summed E-state index contributed by atoms with van der Waals surface area (Å²) in [5.41, 5.74) is 1.19. The molecule has 1 aromatic carbocycles. The Hall–Kier alpha value is -1.89. The Balaban J connectivity index is 2.05. The number of anilines is 1. The van der Waals surface area contributed by atoms with Crippen LogP contribution in [0.15, 0.2) is 18.2 Å². The second kappa shape index (κ2) is 7.59. The number of amides is 2. The fraction of sp³-hybridized carbons (Fsp3) is 0.562. The molecular weight excluding hydrogens is 306 g/mol. The average molecular weight is 328 g/mol. The third kappa shape index (κ3) is 4.31. The number of carbonyl (C=O) groups excluding carboxylic acids is 1. The molecule has 1 aromatic rings. The lowest BCUT2D eigenvalue weighted by molar-refractivity contribution is 0.0816. The normalized spacial score (nSPS) is 20.9. The lowest BCUT2D eigenvalue weighted by Crippen LogP contribution is -2.42. The van der Waals surface area contributed by atoms with Crippen LogP contribution in [0.3, 0.4) is 0 Å². The molecule has 7 heteroatoms. The summed E-state index contributed by atoms with van der Waals surface area (Å²) in [4.78, 5) is 13.9. The summed E-state index contributed by atoms with van der Waals surface area (Å²) >= 11 is 0. The molecule has 2 amide bonds. The molecule has 0 aromatic heterocycles. The third-order valence-electron chi connectivity index (χ3n) is 4.13. The monoisotopic (exact) mass is 328 g/mol. The van der Waals surface area contributed by atoms with Gasteiger partial charge in [-0.3, -0.25) is 0 Å². The molecule has 2 N–H and O–H groups in total. The van der Waals surface area contributed by atoms with Gasteiger partial charge in [0.25, 0.3) is 6.43 Å². The van der Waals surface area contributed by atoms with Crippen LogP contribution >= 0.6 is 0 Å². The van der Waals surface area contributed by atoms with E-state index in [2.05, 4.69) is 5.32 Å². The lowest BCUT2D eigenvalue weighted by Gasteiger charge is -2.25. The fourth-order valence-corrected chi connectivity index (χ4v) is 2.72. The highest BCUT2D eigenvalue weighted by atomic mass is 19.3. The van der Waals surface area contributed by atoms with Crippen LogP contribution in [-0.4, -0.2) is 48.3 Å². The Morgan fingerprint density at radius 2 is 2.26 bits per heavy atom.